The van der Waals surface area contributed by atoms with Crippen LogP contribution in [-0.4, -0.2) is 33.7 Å². The average Bonchev–Trinajstić information content (AvgIpc) is 3.38. The van der Waals surface area contributed by atoms with Crippen molar-refractivity contribution in [2.75, 3.05) is 6.26 Å². The molecule has 0 aliphatic rings. The lowest BCUT2D eigenvalue weighted by atomic mass is 10.2. The van der Waals surface area contributed by atoms with Crippen molar-refractivity contribution >= 4 is 33.4 Å². The van der Waals surface area contributed by atoms with Crippen molar-refractivity contribution in [2.45, 2.75) is 23.1 Å². The molecule has 0 unspecified atom stereocenters. The van der Waals surface area contributed by atoms with Crippen molar-refractivity contribution in [1.29, 1.82) is 0 Å². The van der Waals surface area contributed by atoms with E-state index < -0.39 is 10.0 Å². The quantitative estimate of drug-likeness (QED) is 0.188. The van der Waals surface area contributed by atoms with Crippen LogP contribution >= 0.6 is 23.4 Å². The summed E-state index contributed by atoms with van der Waals surface area (Å²) in [5.41, 5.74) is 3.46. The van der Waals surface area contributed by atoms with Crippen LogP contribution in [0.4, 0.5) is 0 Å². The molecule has 0 spiro atoms. The smallest absolute Gasteiger partial charge is 0.243 e. The van der Waals surface area contributed by atoms with Gasteiger partial charge in [0.05, 0.1) is 4.90 Å². The second kappa shape index (κ2) is 11.5. The normalized spacial score (nSPS) is 11.7. The molecule has 0 radical (unpaired) electrons. The third-order valence-electron chi connectivity index (χ3n) is 6.05. The molecule has 38 heavy (non-hydrogen) atoms. The van der Waals surface area contributed by atoms with E-state index in [1.165, 1.54) is 16.1 Å². The molecule has 1 heterocycles. The summed E-state index contributed by atoms with van der Waals surface area (Å²) in [5, 5.41) is 10.1. The predicted molar refractivity (Wildman–Crippen MR) is 153 cm³/mol. The van der Waals surface area contributed by atoms with Crippen LogP contribution in [0, 0.1) is 0 Å². The summed E-state index contributed by atoms with van der Waals surface area (Å²) >= 11 is 7.56. The summed E-state index contributed by atoms with van der Waals surface area (Å²) < 4.78 is 31.1. The van der Waals surface area contributed by atoms with E-state index in [1.54, 1.807) is 24.3 Å². The van der Waals surface area contributed by atoms with Gasteiger partial charge in [0, 0.05) is 29.4 Å². The van der Waals surface area contributed by atoms with Crippen LogP contribution < -0.4 is 0 Å². The van der Waals surface area contributed by atoms with Crippen molar-refractivity contribution in [3.05, 3.63) is 125 Å². The molecule has 0 saturated carbocycles. The molecule has 0 aliphatic carbocycles. The number of hydrogen-bond donors (Lipinski definition) is 0. The molecule has 6 nitrogen and oxygen atoms in total. The van der Waals surface area contributed by atoms with Gasteiger partial charge in [-0.05, 0) is 65.9 Å². The van der Waals surface area contributed by atoms with Crippen LogP contribution in [0.1, 0.15) is 11.1 Å². The number of sulfonamides is 1. The summed E-state index contributed by atoms with van der Waals surface area (Å²) in [6.07, 6.45) is 1.93. The maximum Gasteiger partial charge on any atom is 0.243 e. The van der Waals surface area contributed by atoms with E-state index in [1.807, 2.05) is 95.8 Å². The van der Waals surface area contributed by atoms with Gasteiger partial charge in [0.2, 0.25) is 10.0 Å². The largest absolute Gasteiger partial charge is 0.270 e. The molecule has 0 aliphatic heterocycles. The van der Waals surface area contributed by atoms with Gasteiger partial charge in [-0.25, -0.2) is 8.42 Å². The molecule has 9 heteroatoms. The van der Waals surface area contributed by atoms with Crippen LogP contribution in [0.15, 0.2) is 119 Å². The highest BCUT2D eigenvalue weighted by Crippen LogP contribution is 2.29. The van der Waals surface area contributed by atoms with Gasteiger partial charge in [-0.3, -0.25) is 4.57 Å². The van der Waals surface area contributed by atoms with E-state index >= 15 is 0 Å². The standard InChI is InChI=1S/C29H25ClN4O2S2/c1-37-29-32-31-28(34(29)26-16-14-25(30)15-17-26)24-12-18-27(19-13-24)38(35,36)33(20-22-8-4-2-5-9-22)21-23-10-6-3-7-11-23/h2-19H,20-21H2,1H3. The molecule has 192 valence electrons. The Bertz CT molecular complexity index is 1570. The molecule has 0 atom stereocenters. The fourth-order valence-electron chi connectivity index (χ4n) is 4.14. The van der Waals surface area contributed by atoms with Crippen molar-refractivity contribution < 1.29 is 8.42 Å². The number of thioether (sulfide) groups is 1. The molecular weight excluding hydrogens is 536 g/mol. The molecule has 0 bridgehead atoms. The first-order chi connectivity index (χ1) is 18.5. The second-order valence-electron chi connectivity index (χ2n) is 8.59. The molecule has 0 N–H and O–H groups in total. The number of rotatable bonds is 9. The summed E-state index contributed by atoms with van der Waals surface area (Å²) in [7, 11) is -3.79. The Morgan fingerprint density at radius 1 is 0.763 bits per heavy atom. The van der Waals surface area contributed by atoms with Gasteiger partial charge >= 0.3 is 0 Å². The Morgan fingerprint density at radius 3 is 1.84 bits per heavy atom. The summed E-state index contributed by atoms with van der Waals surface area (Å²) in [5.74, 6) is 0.617. The number of halogens is 1. The summed E-state index contributed by atoms with van der Waals surface area (Å²) in [4.78, 5) is 0.218. The second-order valence-corrected chi connectivity index (χ2v) is 11.7. The molecule has 0 amide bonds. The van der Waals surface area contributed by atoms with E-state index in [0.29, 0.717) is 10.8 Å². The van der Waals surface area contributed by atoms with Crippen LogP contribution in [0.5, 0.6) is 0 Å². The SMILES string of the molecule is CSc1nnc(-c2ccc(S(=O)(=O)N(Cc3ccccc3)Cc3ccccc3)cc2)n1-c1ccc(Cl)cc1. The minimum atomic E-state index is -3.79. The number of benzene rings is 4. The zero-order valence-corrected chi connectivity index (χ0v) is 23.0. The lowest BCUT2D eigenvalue weighted by Gasteiger charge is -2.23. The minimum Gasteiger partial charge on any atom is -0.270 e. The predicted octanol–water partition coefficient (Wildman–Crippen LogP) is 6.70. The van der Waals surface area contributed by atoms with Crippen molar-refractivity contribution in [1.82, 2.24) is 19.1 Å². The molecule has 5 aromatic rings. The molecule has 1 aromatic heterocycles. The lowest BCUT2D eigenvalue weighted by Crippen LogP contribution is -2.30. The van der Waals surface area contributed by atoms with Crippen molar-refractivity contribution in [3.8, 4) is 17.1 Å². The van der Waals surface area contributed by atoms with E-state index in [2.05, 4.69) is 10.2 Å². The van der Waals surface area contributed by atoms with E-state index in [0.717, 1.165) is 27.5 Å². The first kappa shape index (κ1) is 26.2. The third kappa shape index (κ3) is 5.68. The Hall–Kier alpha value is -3.43. The van der Waals surface area contributed by atoms with Crippen molar-refractivity contribution in [2.24, 2.45) is 0 Å². The molecular formula is C29H25ClN4O2S2. The van der Waals surface area contributed by atoms with Gasteiger partial charge in [0.1, 0.15) is 0 Å². The van der Waals surface area contributed by atoms with Gasteiger partial charge < -0.3 is 0 Å². The summed E-state index contributed by atoms with van der Waals surface area (Å²) in [6, 6.07) is 33.5. The van der Waals surface area contributed by atoms with E-state index in [4.69, 9.17) is 11.6 Å². The highest BCUT2D eigenvalue weighted by atomic mass is 35.5. The molecule has 5 rings (SSSR count). The maximum absolute atomic E-state index is 13.8. The third-order valence-corrected chi connectivity index (χ3v) is 8.74. The van der Waals surface area contributed by atoms with E-state index in [9.17, 15) is 8.42 Å². The lowest BCUT2D eigenvalue weighted by molar-refractivity contribution is 0.401. The minimum absolute atomic E-state index is 0.218. The van der Waals surface area contributed by atoms with Crippen LogP contribution in [0.3, 0.4) is 0 Å². The highest BCUT2D eigenvalue weighted by molar-refractivity contribution is 7.98. The van der Waals surface area contributed by atoms with Gasteiger partial charge in [-0.2, -0.15) is 4.31 Å². The first-order valence-corrected chi connectivity index (χ1v) is 14.9. The molecule has 0 fully saturated rings. The number of aromatic nitrogens is 3. The zero-order valence-electron chi connectivity index (χ0n) is 20.6. The van der Waals surface area contributed by atoms with Crippen molar-refractivity contribution in [3.63, 3.8) is 0 Å². The van der Waals surface area contributed by atoms with Gasteiger partial charge in [-0.15, -0.1) is 10.2 Å². The average molecular weight is 561 g/mol. The summed E-state index contributed by atoms with van der Waals surface area (Å²) in [6.45, 7) is 0.531. The fourth-order valence-corrected chi connectivity index (χ4v) is 6.18. The Kier molecular flexibility index (Phi) is 7.95. The van der Waals surface area contributed by atoms with Gasteiger partial charge in [-0.1, -0.05) is 84.0 Å². The van der Waals surface area contributed by atoms with Gasteiger partial charge in [0.25, 0.3) is 0 Å². The van der Waals surface area contributed by atoms with Crippen LogP contribution in [-0.2, 0) is 23.1 Å². The molecule has 0 saturated heterocycles. The Morgan fingerprint density at radius 2 is 1.32 bits per heavy atom. The zero-order chi connectivity index (χ0) is 26.5. The monoisotopic (exact) mass is 560 g/mol. The fraction of sp³-hybridized carbons (Fsp3) is 0.103. The Labute approximate surface area is 232 Å². The Balaban J connectivity index is 1.49. The maximum atomic E-state index is 13.8. The van der Waals surface area contributed by atoms with Crippen LogP contribution in [0.2, 0.25) is 5.02 Å². The highest BCUT2D eigenvalue weighted by Gasteiger charge is 2.25. The molecule has 4 aromatic carbocycles. The number of nitrogens with zero attached hydrogens (tertiary/aromatic N) is 4. The topological polar surface area (TPSA) is 68.1 Å². The number of hydrogen-bond acceptors (Lipinski definition) is 5. The first-order valence-electron chi connectivity index (χ1n) is 11.9. The van der Waals surface area contributed by atoms with Gasteiger partial charge in [0.15, 0.2) is 11.0 Å². The van der Waals surface area contributed by atoms with E-state index in [-0.39, 0.29) is 18.0 Å². The van der Waals surface area contributed by atoms with Crippen LogP contribution in [0.25, 0.3) is 17.1 Å².